The molecule has 114 valence electrons. The van der Waals surface area contributed by atoms with Crippen molar-refractivity contribution in [3.63, 3.8) is 0 Å². The summed E-state index contributed by atoms with van der Waals surface area (Å²) in [5.74, 6) is 2.43. The lowest BCUT2D eigenvalue weighted by atomic mass is 10.2. The predicted molar refractivity (Wildman–Crippen MR) is 93.8 cm³/mol. The first-order valence-corrected chi connectivity index (χ1v) is 9.09. The quantitative estimate of drug-likeness (QED) is 0.696. The Morgan fingerprint density at radius 2 is 1.95 bits per heavy atom. The minimum absolute atomic E-state index is 0.240. The van der Waals surface area contributed by atoms with Gasteiger partial charge in [-0.3, -0.25) is 0 Å². The molecule has 3 rings (SSSR count). The van der Waals surface area contributed by atoms with Gasteiger partial charge in [-0.2, -0.15) is 0 Å². The topological polar surface area (TPSA) is 21.6 Å². The highest BCUT2D eigenvalue weighted by Gasteiger charge is 2.12. The second-order valence-electron chi connectivity index (χ2n) is 4.80. The third kappa shape index (κ3) is 4.27. The van der Waals surface area contributed by atoms with E-state index in [9.17, 15) is 4.39 Å². The van der Waals surface area contributed by atoms with Gasteiger partial charge in [-0.25, -0.2) is 9.38 Å². The average Bonchev–Trinajstić information content (AvgIpc) is 2.56. The van der Waals surface area contributed by atoms with Gasteiger partial charge >= 0.3 is 0 Å². The van der Waals surface area contributed by atoms with Gasteiger partial charge in [-0.1, -0.05) is 41.7 Å². The summed E-state index contributed by atoms with van der Waals surface area (Å²) in [6, 6.07) is 14.4. The number of thioether (sulfide) groups is 2. The standard InChI is InChI=1S/C17H16FNOS2/c18-14-6-8-15(9-7-14)20-10-3-11-21-17-19-16-5-2-1-4-13(16)12-22-17/h1-2,4-9H,3,10-12H2. The molecule has 1 aliphatic heterocycles. The van der Waals surface area contributed by atoms with Crippen LogP contribution in [0.2, 0.25) is 0 Å². The van der Waals surface area contributed by atoms with E-state index in [1.165, 1.54) is 17.7 Å². The summed E-state index contributed by atoms with van der Waals surface area (Å²) in [7, 11) is 0. The molecular formula is C17H16FNOS2. The lowest BCUT2D eigenvalue weighted by Gasteiger charge is -2.14. The SMILES string of the molecule is Fc1ccc(OCCCSC2=Nc3ccccc3CS2)cc1. The monoisotopic (exact) mass is 333 g/mol. The van der Waals surface area contributed by atoms with Crippen molar-refractivity contribution >= 4 is 33.6 Å². The van der Waals surface area contributed by atoms with Crippen LogP contribution >= 0.6 is 23.5 Å². The van der Waals surface area contributed by atoms with E-state index >= 15 is 0 Å². The van der Waals surface area contributed by atoms with Gasteiger partial charge in [0.1, 0.15) is 15.9 Å². The minimum atomic E-state index is -0.240. The molecule has 0 bridgehead atoms. The Balaban J connectivity index is 1.41. The number of ether oxygens (including phenoxy) is 1. The van der Waals surface area contributed by atoms with E-state index in [0.717, 1.165) is 28.0 Å². The zero-order chi connectivity index (χ0) is 15.2. The molecule has 0 amide bonds. The first-order chi connectivity index (χ1) is 10.8. The highest BCUT2D eigenvalue weighted by Crippen LogP contribution is 2.34. The highest BCUT2D eigenvalue weighted by atomic mass is 32.2. The maximum absolute atomic E-state index is 12.8. The second-order valence-corrected chi connectivity index (χ2v) is 7.11. The van der Waals surface area contributed by atoms with E-state index in [1.807, 2.05) is 6.07 Å². The third-order valence-corrected chi connectivity index (χ3v) is 5.48. The van der Waals surface area contributed by atoms with Gasteiger partial charge in [0.15, 0.2) is 0 Å². The van der Waals surface area contributed by atoms with Crippen LogP contribution in [0.15, 0.2) is 53.5 Å². The fourth-order valence-corrected chi connectivity index (χ4v) is 4.07. The van der Waals surface area contributed by atoms with Crippen molar-refractivity contribution in [2.45, 2.75) is 12.2 Å². The van der Waals surface area contributed by atoms with Gasteiger partial charge in [-0.15, -0.1) is 0 Å². The summed E-state index contributed by atoms with van der Waals surface area (Å²) < 4.78 is 19.5. The molecule has 22 heavy (non-hydrogen) atoms. The summed E-state index contributed by atoms with van der Waals surface area (Å²) in [5, 5.41) is 0. The Morgan fingerprint density at radius 1 is 1.14 bits per heavy atom. The average molecular weight is 333 g/mol. The molecule has 2 aromatic carbocycles. The summed E-state index contributed by atoms with van der Waals surface area (Å²) in [5.41, 5.74) is 2.39. The molecule has 0 radical (unpaired) electrons. The molecule has 0 atom stereocenters. The zero-order valence-electron chi connectivity index (χ0n) is 12.0. The molecule has 2 nitrogen and oxygen atoms in total. The molecule has 0 spiro atoms. The normalized spacial score (nSPS) is 13.4. The van der Waals surface area contributed by atoms with E-state index in [4.69, 9.17) is 4.74 Å². The zero-order valence-corrected chi connectivity index (χ0v) is 13.6. The third-order valence-electron chi connectivity index (χ3n) is 3.15. The largest absolute Gasteiger partial charge is 0.494 e. The number of para-hydroxylation sites is 1. The Bertz CT molecular complexity index is 658. The van der Waals surface area contributed by atoms with Crippen molar-refractivity contribution < 1.29 is 9.13 Å². The summed E-state index contributed by atoms with van der Waals surface area (Å²) in [6.07, 6.45) is 0.934. The first kappa shape index (κ1) is 15.4. The van der Waals surface area contributed by atoms with E-state index in [1.54, 1.807) is 35.7 Å². The van der Waals surface area contributed by atoms with Gasteiger partial charge in [0.2, 0.25) is 0 Å². The van der Waals surface area contributed by atoms with E-state index in [-0.39, 0.29) is 5.82 Å². The molecule has 0 aromatic heterocycles. The van der Waals surface area contributed by atoms with Crippen LogP contribution in [0.4, 0.5) is 10.1 Å². The minimum Gasteiger partial charge on any atom is -0.494 e. The van der Waals surface area contributed by atoms with Crippen LogP contribution in [0.1, 0.15) is 12.0 Å². The number of fused-ring (bicyclic) bond motifs is 1. The van der Waals surface area contributed by atoms with Crippen molar-refractivity contribution in [2.75, 3.05) is 12.4 Å². The molecule has 0 N–H and O–H groups in total. The van der Waals surface area contributed by atoms with Crippen LogP contribution in [0.3, 0.4) is 0 Å². The molecule has 0 saturated carbocycles. The maximum Gasteiger partial charge on any atom is 0.130 e. The van der Waals surface area contributed by atoms with Gasteiger partial charge in [0, 0.05) is 11.5 Å². The van der Waals surface area contributed by atoms with Crippen LogP contribution < -0.4 is 4.74 Å². The first-order valence-electron chi connectivity index (χ1n) is 7.12. The fourth-order valence-electron chi connectivity index (χ4n) is 2.03. The van der Waals surface area contributed by atoms with Crippen LogP contribution in [-0.4, -0.2) is 16.7 Å². The molecule has 2 aromatic rings. The van der Waals surface area contributed by atoms with E-state index < -0.39 is 0 Å². The Labute approximate surface area is 138 Å². The van der Waals surface area contributed by atoms with Crippen molar-refractivity contribution in [3.05, 3.63) is 59.9 Å². The van der Waals surface area contributed by atoms with Gasteiger partial charge in [0.05, 0.1) is 12.3 Å². The lowest BCUT2D eigenvalue weighted by Crippen LogP contribution is -2.01. The highest BCUT2D eigenvalue weighted by molar-refractivity contribution is 8.38. The Morgan fingerprint density at radius 3 is 2.82 bits per heavy atom. The van der Waals surface area contributed by atoms with Crippen molar-refractivity contribution in [1.82, 2.24) is 0 Å². The van der Waals surface area contributed by atoms with Gasteiger partial charge in [0.25, 0.3) is 0 Å². The van der Waals surface area contributed by atoms with Crippen LogP contribution in [0.25, 0.3) is 0 Å². The van der Waals surface area contributed by atoms with E-state index in [0.29, 0.717) is 12.4 Å². The van der Waals surface area contributed by atoms with E-state index in [2.05, 4.69) is 23.2 Å². The Hall–Kier alpha value is -1.46. The smallest absolute Gasteiger partial charge is 0.130 e. The van der Waals surface area contributed by atoms with Crippen molar-refractivity contribution in [1.29, 1.82) is 0 Å². The Kier molecular flexibility index (Phi) is 5.40. The molecular weight excluding hydrogens is 317 g/mol. The fraction of sp³-hybridized carbons (Fsp3) is 0.235. The van der Waals surface area contributed by atoms with Crippen LogP contribution in [0, 0.1) is 5.82 Å². The van der Waals surface area contributed by atoms with Crippen LogP contribution in [0.5, 0.6) is 5.75 Å². The lowest BCUT2D eigenvalue weighted by molar-refractivity contribution is 0.318. The summed E-state index contributed by atoms with van der Waals surface area (Å²) in [4.78, 5) is 4.67. The van der Waals surface area contributed by atoms with Gasteiger partial charge < -0.3 is 4.74 Å². The number of nitrogens with zero attached hydrogens (tertiary/aromatic N) is 1. The number of rotatable bonds is 5. The number of benzene rings is 2. The van der Waals surface area contributed by atoms with Crippen molar-refractivity contribution in [3.8, 4) is 5.75 Å². The number of halogens is 1. The molecule has 0 saturated heterocycles. The van der Waals surface area contributed by atoms with Crippen LogP contribution in [-0.2, 0) is 5.75 Å². The predicted octanol–water partition coefficient (Wildman–Crippen LogP) is 5.26. The number of hydrogen-bond acceptors (Lipinski definition) is 4. The molecule has 0 aliphatic carbocycles. The molecule has 0 fully saturated rings. The number of aliphatic imine (C=N–C) groups is 1. The van der Waals surface area contributed by atoms with Crippen molar-refractivity contribution in [2.24, 2.45) is 4.99 Å². The number of hydrogen-bond donors (Lipinski definition) is 0. The summed E-state index contributed by atoms with van der Waals surface area (Å²) in [6.45, 7) is 0.632. The summed E-state index contributed by atoms with van der Waals surface area (Å²) >= 11 is 3.56. The second kappa shape index (κ2) is 7.70. The maximum atomic E-state index is 12.8. The molecule has 1 aliphatic rings. The molecule has 5 heteroatoms. The molecule has 0 unspecified atom stereocenters. The van der Waals surface area contributed by atoms with Gasteiger partial charge in [-0.05, 0) is 42.3 Å². The molecule has 1 heterocycles.